The Balaban J connectivity index is 2.02. The van der Waals surface area contributed by atoms with E-state index in [0.717, 1.165) is 44.5 Å². The Kier molecular flexibility index (Phi) is 6.32. The number of hydrogen-bond donors (Lipinski definition) is 2. The van der Waals surface area contributed by atoms with Crippen LogP contribution in [-0.4, -0.2) is 41.5 Å². The lowest BCUT2D eigenvalue weighted by atomic mass is 9.94. The number of hydrogen-bond acceptors (Lipinski definition) is 5. The number of piperidine rings is 1. The van der Waals surface area contributed by atoms with E-state index < -0.39 is 0 Å². The summed E-state index contributed by atoms with van der Waals surface area (Å²) in [5, 5.41) is 6.39. The van der Waals surface area contributed by atoms with Crippen molar-refractivity contribution in [2.24, 2.45) is 0 Å². The van der Waals surface area contributed by atoms with Gasteiger partial charge in [-0.1, -0.05) is 13.8 Å². The van der Waals surface area contributed by atoms with Crippen LogP contribution in [0, 0.1) is 0 Å². The molecule has 0 spiro atoms. The first-order valence-corrected chi connectivity index (χ1v) is 9.35. The summed E-state index contributed by atoms with van der Waals surface area (Å²) in [6.07, 6.45) is 7.56. The van der Waals surface area contributed by atoms with Gasteiger partial charge in [0.05, 0.1) is 0 Å². The SMILES string of the molecule is CCC(CC)(CNC(=O)c1ncoc1C1CCNCC1)SC. The first-order valence-electron chi connectivity index (χ1n) is 8.13. The number of aromatic nitrogens is 1. The van der Waals surface area contributed by atoms with E-state index in [9.17, 15) is 4.79 Å². The molecular weight excluding hydrogens is 298 g/mol. The van der Waals surface area contributed by atoms with Crippen LogP contribution in [0.5, 0.6) is 0 Å². The third-order valence-corrected chi connectivity index (χ3v) is 6.40. The molecule has 124 valence electrons. The smallest absolute Gasteiger partial charge is 0.273 e. The predicted molar refractivity (Wildman–Crippen MR) is 90.5 cm³/mol. The van der Waals surface area contributed by atoms with Gasteiger partial charge in [0.25, 0.3) is 5.91 Å². The van der Waals surface area contributed by atoms with E-state index in [1.807, 2.05) is 11.8 Å². The molecule has 1 fully saturated rings. The molecule has 1 amide bonds. The van der Waals surface area contributed by atoms with Gasteiger partial charge in [-0.25, -0.2) is 4.98 Å². The van der Waals surface area contributed by atoms with Gasteiger partial charge in [-0.2, -0.15) is 11.8 Å². The van der Waals surface area contributed by atoms with Gasteiger partial charge in [0.15, 0.2) is 12.1 Å². The van der Waals surface area contributed by atoms with Gasteiger partial charge >= 0.3 is 0 Å². The molecule has 2 heterocycles. The monoisotopic (exact) mass is 325 g/mol. The number of nitrogens with one attached hydrogen (secondary N) is 2. The number of thioether (sulfide) groups is 1. The number of oxazole rings is 1. The van der Waals surface area contributed by atoms with Crippen LogP contribution in [0.1, 0.15) is 61.7 Å². The van der Waals surface area contributed by atoms with Crippen LogP contribution in [0.25, 0.3) is 0 Å². The van der Waals surface area contributed by atoms with Crippen LogP contribution < -0.4 is 10.6 Å². The zero-order chi connectivity index (χ0) is 16.0. The largest absolute Gasteiger partial charge is 0.447 e. The molecule has 22 heavy (non-hydrogen) atoms. The second kappa shape index (κ2) is 8.02. The second-order valence-electron chi connectivity index (χ2n) is 5.87. The highest BCUT2D eigenvalue weighted by atomic mass is 32.2. The Morgan fingerprint density at radius 2 is 2.14 bits per heavy atom. The second-order valence-corrected chi connectivity index (χ2v) is 7.14. The Morgan fingerprint density at radius 1 is 1.45 bits per heavy atom. The van der Waals surface area contributed by atoms with Gasteiger partial charge in [0, 0.05) is 17.2 Å². The summed E-state index contributed by atoms with van der Waals surface area (Å²) in [7, 11) is 0. The van der Waals surface area contributed by atoms with Gasteiger partial charge in [0.1, 0.15) is 5.76 Å². The van der Waals surface area contributed by atoms with Gasteiger partial charge in [0.2, 0.25) is 0 Å². The zero-order valence-electron chi connectivity index (χ0n) is 13.8. The predicted octanol–water partition coefficient (Wildman–Crippen LogP) is 2.79. The molecular formula is C16H27N3O2S. The molecule has 1 aliphatic heterocycles. The summed E-state index contributed by atoms with van der Waals surface area (Å²) in [6, 6.07) is 0. The van der Waals surface area contributed by atoms with Crippen molar-refractivity contribution in [1.82, 2.24) is 15.6 Å². The van der Waals surface area contributed by atoms with Crippen molar-refractivity contribution in [2.45, 2.75) is 50.2 Å². The Labute approximate surface area is 137 Å². The number of rotatable bonds is 7. The van der Waals surface area contributed by atoms with Crippen molar-refractivity contribution in [2.75, 3.05) is 25.9 Å². The third-order valence-electron chi connectivity index (χ3n) is 4.81. The first kappa shape index (κ1) is 17.3. The summed E-state index contributed by atoms with van der Waals surface area (Å²) in [5.41, 5.74) is 0.467. The van der Waals surface area contributed by atoms with Gasteiger partial charge in [-0.3, -0.25) is 4.79 Å². The molecule has 6 heteroatoms. The molecule has 2 N–H and O–H groups in total. The molecule has 0 unspecified atom stereocenters. The highest BCUT2D eigenvalue weighted by molar-refractivity contribution is 8.00. The van der Waals surface area contributed by atoms with E-state index >= 15 is 0 Å². The lowest BCUT2D eigenvalue weighted by molar-refractivity contribution is 0.0941. The minimum atomic E-state index is -0.109. The van der Waals surface area contributed by atoms with E-state index in [4.69, 9.17) is 4.42 Å². The summed E-state index contributed by atoms with van der Waals surface area (Å²) >= 11 is 1.82. The number of carbonyl (C=O) groups excluding carboxylic acids is 1. The van der Waals surface area contributed by atoms with Crippen molar-refractivity contribution < 1.29 is 9.21 Å². The van der Waals surface area contributed by atoms with Crippen molar-refractivity contribution >= 4 is 17.7 Å². The molecule has 0 radical (unpaired) electrons. The number of nitrogens with zero attached hydrogens (tertiary/aromatic N) is 1. The van der Waals surface area contributed by atoms with Crippen molar-refractivity contribution in [3.05, 3.63) is 17.8 Å². The Hall–Kier alpha value is -1.01. The molecule has 0 atom stereocenters. The molecule has 0 saturated carbocycles. The summed E-state index contributed by atoms with van der Waals surface area (Å²) in [4.78, 5) is 16.7. The quantitative estimate of drug-likeness (QED) is 0.807. The number of amides is 1. The molecule has 5 nitrogen and oxygen atoms in total. The molecule has 0 aromatic carbocycles. The average molecular weight is 325 g/mol. The zero-order valence-corrected chi connectivity index (χ0v) is 14.6. The highest BCUT2D eigenvalue weighted by Crippen LogP contribution is 2.30. The average Bonchev–Trinajstić information content (AvgIpc) is 3.07. The fourth-order valence-electron chi connectivity index (χ4n) is 2.99. The molecule has 1 aromatic heterocycles. The summed E-state index contributed by atoms with van der Waals surface area (Å²) in [6.45, 7) is 6.94. The fourth-order valence-corrected chi connectivity index (χ4v) is 3.78. The van der Waals surface area contributed by atoms with Crippen molar-refractivity contribution in [1.29, 1.82) is 0 Å². The van der Waals surface area contributed by atoms with Crippen LogP contribution in [0.4, 0.5) is 0 Å². The highest BCUT2D eigenvalue weighted by Gasteiger charge is 2.29. The third kappa shape index (κ3) is 3.84. The molecule has 1 aliphatic rings. The fraction of sp³-hybridized carbons (Fsp3) is 0.750. The Morgan fingerprint density at radius 3 is 2.73 bits per heavy atom. The van der Waals surface area contributed by atoms with E-state index in [-0.39, 0.29) is 10.7 Å². The Bertz CT molecular complexity index is 471. The van der Waals surface area contributed by atoms with E-state index in [2.05, 4.69) is 35.7 Å². The van der Waals surface area contributed by atoms with Crippen LogP contribution in [0.15, 0.2) is 10.8 Å². The molecule has 0 aliphatic carbocycles. The minimum Gasteiger partial charge on any atom is -0.447 e. The molecule has 1 aromatic rings. The van der Waals surface area contributed by atoms with Crippen molar-refractivity contribution in [3.63, 3.8) is 0 Å². The van der Waals surface area contributed by atoms with Crippen LogP contribution in [-0.2, 0) is 0 Å². The maximum absolute atomic E-state index is 12.5. The molecule has 0 bridgehead atoms. The molecule has 1 saturated heterocycles. The van der Waals surface area contributed by atoms with Gasteiger partial charge in [-0.15, -0.1) is 0 Å². The van der Waals surface area contributed by atoms with E-state index in [1.165, 1.54) is 6.39 Å². The van der Waals surface area contributed by atoms with E-state index in [1.54, 1.807) is 0 Å². The number of carbonyl (C=O) groups is 1. The van der Waals surface area contributed by atoms with Crippen molar-refractivity contribution in [3.8, 4) is 0 Å². The summed E-state index contributed by atoms with van der Waals surface area (Å²) < 4.78 is 5.64. The van der Waals surface area contributed by atoms with Crippen LogP contribution >= 0.6 is 11.8 Å². The lowest BCUT2D eigenvalue weighted by Crippen LogP contribution is -2.40. The maximum Gasteiger partial charge on any atom is 0.273 e. The van der Waals surface area contributed by atoms with Crippen LogP contribution in [0.3, 0.4) is 0 Å². The minimum absolute atomic E-state index is 0.105. The lowest BCUT2D eigenvalue weighted by Gasteiger charge is -2.29. The summed E-state index contributed by atoms with van der Waals surface area (Å²) in [5.74, 6) is 0.941. The van der Waals surface area contributed by atoms with E-state index in [0.29, 0.717) is 18.2 Å². The standard InChI is InChI=1S/C16H27N3O2S/c1-4-16(5-2,22-3)10-18-15(20)13-14(21-11-19-13)12-6-8-17-9-7-12/h11-12,17H,4-10H2,1-3H3,(H,18,20). The maximum atomic E-state index is 12.5. The van der Waals surface area contributed by atoms with Gasteiger partial charge in [-0.05, 0) is 45.0 Å². The topological polar surface area (TPSA) is 67.2 Å². The van der Waals surface area contributed by atoms with Crippen LogP contribution in [0.2, 0.25) is 0 Å². The first-order chi connectivity index (χ1) is 10.7. The van der Waals surface area contributed by atoms with Gasteiger partial charge < -0.3 is 15.1 Å². The normalized spacial score (nSPS) is 16.7. The molecule has 2 rings (SSSR count).